The maximum atomic E-state index is 11.8. The van der Waals surface area contributed by atoms with Gasteiger partial charge >= 0.3 is 17.6 Å². The molecule has 0 aromatic heterocycles. The number of rotatable bonds is 0. The molecule has 0 aliphatic carbocycles. The third-order valence-electron chi connectivity index (χ3n) is 3.21. The van der Waals surface area contributed by atoms with Crippen LogP contribution in [0, 0.1) is 0 Å². The van der Waals surface area contributed by atoms with Crippen LogP contribution in [0.1, 0.15) is 6.42 Å². The fraction of sp³-hybridized carbons (Fsp3) is 0.667. The largest absolute Gasteiger partial charge is 0.405 e. The predicted molar refractivity (Wildman–Crippen MR) is 53.0 cm³/mol. The summed E-state index contributed by atoms with van der Waals surface area (Å²) in [5.74, 6) is -0.804. The molecule has 3 aliphatic rings. The number of nitrogens with one attached hydrogen (secondary N) is 1. The summed E-state index contributed by atoms with van der Waals surface area (Å²) in [5, 5.41) is 11.7. The molecule has 0 radical (unpaired) electrons. The maximum Gasteiger partial charge on any atom is 0.405 e. The second-order valence-corrected chi connectivity index (χ2v) is 4.27. The van der Waals surface area contributed by atoms with E-state index >= 15 is 0 Å². The molecule has 2 bridgehead atoms. The van der Waals surface area contributed by atoms with Crippen molar-refractivity contribution in [2.45, 2.75) is 31.1 Å². The zero-order valence-electron chi connectivity index (χ0n) is 9.15. The molecule has 18 heavy (non-hydrogen) atoms. The van der Waals surface area contributed by atoms with Crippen molar-refractivity contribution in [2.24, 2.45) is 0 Å². The van der Waals surface area contributed by atoms with Gasteiger partial charge in [-0.2, -0.15) is 4.79 Å². The topological polar surface area (TPSA) is 124 Å². The summed E-state index contributed by atoms with van der Waals surface area (Å²) in [5.41, 5.74) is 8.51. The summed E-state index contributed by atoms with van der Waals surface area (Å²) >= 11 is 0. The molecule has 0 unspecified atom stereocenters. The molecular weight excluding hydrogens is 244 g/mol. The molecular formula is C9H10N4O5. The summed E-state index contributed by atoms with van der Waals surface area (Å²) in [4.78, 5) is 27.2. The molecule has 4 atom stereocenters. The summed E-state index contributed by atoms with van der Waals surface area (Å²) in [6, 6.07) is -0.697. The van der Waals surface area contributed by atoms with Crippen LogP contribution < -0.4 is 5.32 Å². The molecule has 3 aliphatic heterocycles. The van der Waals surface area contributed by atoms with E-state index in [4.69, 9.17) is 15.0 Å². The molecule has 3 amide bonds. The first kappa shape index (κ1) is 11.3. The number of urea groups is 1. The third kappa shape index (κ3) is 1.46. The number of hydrogen-bond donors (Lipinski definition) is 2. The van der Waals surface area contributed by atoms with Crippen LogP contribution in [0.5, 0.6) is 0 Å². The first-order valence-corrected chi connectivity index (χ1v) is 5.42. The highest BCUT2D eigenvalue weighted by molar-refractivity contribution is 6.42. The fourth-order valence-electron chi connectivity index (χ4n) is 2.33. The van der Waals surface area contributed by atoms with Crippen molar-refractivity contribution in [3.63, 3.8) is 0 Å². The number of ether oxygens (including phenoxy) is 2. The number of imide groups is 1. The van der Waals surface area contributed by atoms with E-state index in [9.17, 15) is 14.7 Å². The van der Waals surface area contributed by atoms with Crippen LogP contribution in [0.25, 0.3) is 5.53 Å². The second kappa shape index (κ2) is 3.85. The van der Waals surface area contributed by atoms with E-state index in [-0.39, 0.29) is 18.7 Å². The molecule has 0 saturated carbocycles. The van der Waals surface area contributed by atoms with Gasteiger partial charge in [-0.15, -0.1) is 0 Å². The Hall–Kier alpha value is -1.80. The highest BCUT2D eigenvalue weighted by atomic mass is 16.6. The molecule has 9 nitrogen and oxygen atoms in total. The Bertz CT molecular complexity index is 474. The van der Waals surface area contributed by atoms with E-state index in [1.165, 1.54) is 0 Å². The Balaban J connectivity index is 1.99. The minimum Gasteiger partial charge on any atom is -0.390 e. The van der Waals surface area contributed by atoms with Crippen molar-refractivity contribution in [1.82, 2.24) is 10.2 Å². The van der Waals surface area contributed by atoms with Crippen LogP contribution in [0.3, 0.4) is 0 Å². The lowest BCUT2D eigenvalue weighted by Crippen LogP contribution is -2.64. The maximum absolute atomic E-state index is 11.8. The van der Waals surface area contributed by atoms with Crippen LogP contribution in [0.4, 0.5) is 4.79 Å². The number of carbonyl (C=O) groups excluding carboxylic acids is 2. The van der Waals surface area contributed by atoms with Crippen LogP contribution in [0.2, 0.25) is 0 Å². The average Bonchev–Trinajstić information content (AvgIpc) is 2.55. The van der Waals surface area contributed by atoms with Gasteiger partial charge in [0.25, 0.3) is 0 Å². The van der Waals surface area contributed by atoms with E-state index in [0.29, 0.717) is 0 Å². The molecule has 3 heterocycles. The van der Waals surface area contributed by atoms with Crippen LogP contribution in [-0.4, -0.2) is 63.7 Å². The minimum absolute atomic E-state index is 0.0123. The van der Waals surface area contributed by atoms with E-state index in [2.05, 4.69) is 4.79 Å². The van der Waals surface area contributed by atoms with Gasteiger partial charge in [0.15, 0.2) is 0 Å². The van der Waals surface area contributed by atoms with E-state index < -0.39 is 36.6 Å². The molecule has 96 valence electrons. The van der Waals surface area contributed by atoms with Gasteiger partial charge in [-0.1, -0.05) is 0 Å². The number of carbonyl (C=O) groups is 2. The van der Waals surface area contributed by atoms with Gasteiger partial charge < -0.3 is 20.1 Å². The van der Waals surface area contributed by atoms with Gasteiger partial charge in [-0.3, -0.25) is 15.0 Å². The minimum atomic E-state index is -1.08. The van der Waals surface area contributed by atoms with Gasteiger partial charge in [-0.05, 0) is 0 Å². The highest BCUT2D eigenvalue weighted by Gasteiger charge is 2.54. The van der Waals surface area contributed by atoms with Gasteiger partial charge in [0.2, 0.25) is 6.23 Å². The second-order valence-electron chi connectivity index (χ2n) is 4.27. The smallest absolute Gasteiger partial charge is 0.390 e. The van der Waals surface area contributed by atoms with Crippen molar-refractivity contribution >= 4 is 17.6 Å². The lowest BCUT2D eigenvalue weighted by Gasteiger charge is -2.33. The van der Waals surface area contributed by atoms with Gasteiger partial charge in [0.1, 0.15) is 12.3 Å². The quantitative estimate of drug-likeness (QED) is 0.383. The highest BCUT2D eigenvalue weighted by Crippen LogP contribution is 2.30. The first-order valence-electron chi connectivity index (χ1n) is 5.42. The number of aliphatic hydroxyl groups excluding tert-OH is 1. The predicted octanol–water partition coefficient (Wildman–Crippen LogP) is -1.96. The van der Waals surface area contributed by atoms with Crippen molar-refractivity contribution in [2.75, 3.05) is 6.61 Å². The molecule has 2 N–H and O–H groups in total. The van der Waals surface area contributed by atoms with E-state index in [1.54, 1.807) is 0 Å². The molecule has 0 aromatic rings. The van der Waals surface area contributed by atoms with Crippen molar-refractivity contribution in [3.05, 3.63) is 5.53 Å². The monoisotopic (exact) mass is 254 g/mol. The van der Waals surface area contributed by atoms with Crippen LogP contribution in [0.15, 0.2) is 0 Å². The van der Waals surface area contributed by atoms with Gasteiger partial charge in [0.05, 0.1) is 12.7 Å². The Kier molecular flexibility index (Phi) is 2.42. The fourth-order valence-corrected chi connectivity index (χ4v) is 2.33. The molecule has 3 fully saturated rings. The van der Waals surface area contributed by atoms with E-state index in [1.807, 2.05) is 5.32 Å². The SMILES string of the molecule is [N-]=[N+]=C1C(=O)NC(=O)N2[C@@H]1OC[C@H]1O[C@@H]2C[C@@H]1O. The molecule has 3 rings (SSSR count). The van der Waals surface area contributed by atoms with Crippen molar-refractivity contribution in [1.29, 1.82) is 0 Å². The van der Waals surface area contributed by atoms with E-state index in [0.717, 1.165) is 4.90 Å². The molecule has 0 aromatic carbocycles. The standard InChI is InChI=1S/C9H10N4O5/c10-12-6-7(15)11-9(16)13-5-1-3(14)4(18-5)2-17-8(6)13/h3-5,8,14H,1-2H2,(H,11,15,16)/t3-,4+,5+,8+/m0/s1. The normalized spacial score (nSPS) is 38.9. The summed E-state index contributed by atoms with van der Waals surface area (Å²) in [6.07, 6.45) is -2.84. The first-order chi connectivity index (χ1) is 8.61. The summed E-state index contributed by atoms with van der Waals surface area (Å²) in [7, 11) is 0. The van der Waals surface area contributed by atoms with Crippen LogP contribution in [-0.2, 0) is 14.3 Å². The lowest BCUT2D eigenvalue weighted by atomic mass is 10.1. The number of aliphatic hydroxyl groups is 1. The van der Waals surface area contributed by atoms with Crippen molar-refractivity contribution in [3.8, 4) is 0 Å². The summed E-state index contributed by atoms with van der Waals surface area (Å²) < 4.78 is 10.8. The average molecular weight is 254 g/mol. The van der Waals surface area contributed by atoms with Gasteiger partial charge in [0, 0.05) is 6.42 Å². The molecule has 9 heteroatoms. The van der Waals surface area contributed by atoms with Crippen LogP contribution >= 0.6 is 0 Å². The van der Waals surface area contributed by atoms with Gasteiger partial charge in [-0.25, -0.2) is 4.79 Å². The number of amides is 3. The Morgan fingerprint density at radius 1 is 1.50 bits per heavy atom. The zero-order valence-corrected chi connectivity index (χ0v) is 9.15. The Morgan fingerprint density at radius 2 is 2.28 bits per heavy atom. The lowest BCUT2D eigenvalue weighted by molar-refractivity contribution is -0.128. The number of hydrogen-bond acceptors (Lipinski definition) is 5. The zero-order chi connectivity index (χ0) is 12.9. The Labute approximate surface area is 101 Å². The molecule has 0 spiro atoms. The number of fused-ring (bicyclic) bond motifs is 4. The molecule has 3 saturated heterocycles. The third-order valence-corrected chi connectivity index (χ3v) is 3.21. The summed E-state index contributed by atoms with van der Waals surface area (Å²) in [6.45, 7) is 0.0123. The Morgan fingerprint density at radius 3 is 3.00 bits per heavy atom. The number of nitrogens with zero attached hydrogens (tertiary/aromatic N) is 3. The van der Waals surface area contributed by atoms with Crippen molar-refractivity contribution < 1.29 is 29.0 Å².